The zero-order valence-corrected chi connectivity index (χ0v) is 13.6. The summed E-state index contributed by atoms with van der Waals surface area (Å²) >= 11 is 0. The predicted molar refractivity (Wildman–Crippen MR) is 82.7 cm³/mol. The summed E-state index contributed by atoms with van der Waals surface area (Å²) < 4.78 is 6.12. The Labute approximate surface area is 133 Å². The highest BCUT2D eigenvalue weighted by molar-refractivity contribution is 5.04. The maximum absolute atomic E-state index is 11.1. The summed E-state index contributed by atoms with van der Waals surface area (Å²) in [5.74, 6) is -0.472. The summed E-state index contributed by atoms with van der Waals surface area (Å²) in [4.78, 5) is 0. The molecule has 0 radical (unpaired) electrons. The van der Waals surface area contributed by atoms with E-state index in [0.717, 1.165) is 51.4 Å². The molecule has 4 heteroatoms. The van der Waals surface area contributed by atoms with Gasteiger partial charge < -0.3 is 14.9 Å². The lowest BCUT2D eigenvalue weighted by atomic mass is 9.52. The van der Waals surface area contributed by atoms with Crippen molar-refractivity contribution in [1.29, 1.82) is 5.26 Å². The van der Waals surface area contributed by atoms with Crippen LogP contribution in [0, 0.1) is 28.6 Å². The molecule has 2 N–H and O–H groups in total. The molecule has 1 heterocycles. The summed E-state index contributed by atoms with van der Waals surface area (Å²) in [6, 6.07) is 2.17. The standard InChI is InChI=1S/C18H29NO3/c1-17-10-11-18(21)15(14(17)6-4-7-16(17)20)9-8-13(22-18)5-2-3-12-19/h13-16,20-21H,2-11H2,1H3. The van der Waals surface area contributed by atoms with Crippen LogP contribution in [0.25, 0.3) is 0 Å². The molecule has 3 fully saturated rings. The quantitative estimate of drug-likeness (QED) is 0.786. The van der Waals surface area contributed by atoms with Crippen LogP contribution in [0.2, 0.25) is 0 Å². The molecule has 6 atom stereocenters. The molecule has 0 aromatic carbocycles. The summed E-state index contributed by atoms with van der Waals surface area (Å²) in [7, 11) is 0. The molecule has 0 spiro atoms. The fourth-order valence-corrected chi connectivity index (χ4v) is 5.30. The number of hydrogen-bond donors (Lipinski definition) is 2. The molecule has 3 aliphatic rings. The molecule has 0 amide bonds. The molecule has 1 saturated heterocycles. The molecule has 4 nitrogen and oxygen atoms in total. The van der Waals surface area contributed by atoms with E-state index in [4.69, 9.17) is 10.00 Å². The van der Waals surface area contributed by atoms with Crippen LogP contribution >= 0.6 is 0 Å². The fourth-order valence-electron chi connectivity index (χ4n) is 5.30. The van der Waals surface area contributed by atoms with E-state index in [-0.39, 0.29) is 23.5 Å². The zero-order valence-electron chi connectivity index (χ0n) is 13.6. The molecule has 6 unspecified atom stereocenters. The van der Waals surface area contributed by atoms with Gasteiger partial charge in [0.05, 0.1) is 18.3 Å². The number of rotatable bonds is 3. The highest BCUT2D eigenvalue weighted by Crippen LogP contribution is 2.58. The van der Waals surface area contributed by atoms with E-state index in [2.05, 4.69) is 13.0 Å². The molecule has 1 aliphatic heterocycles. The van der Waals surface area contributed by atoms with E-state index < -0.39 is 5.79 Å². The first kappa shape index (κ1) is 16.2. The zero-order chi connectivity index (χ0) is 15.8. The van der Waals surface area contributed by atoms with Crippen LogP contribution in [0.15, 0.2) is 0 Å². The first-order valence-electron chi connectivity index (χ1n) is 8.95. The molecular formula is C18H29NO3. The van der Waals surface area contributed by atoms with E-state index in [9.17, 15) is 10.2 Å². The minimum Gasteiger partial charge on any atom is -0.393 e. The molecule has 2 aliphatic carbocycles. The summed E-state index contributed by atoms with van der Waals surface area (Å²) in [5.41, 5.74) is -0.0495. The highest BCUT2D eigenvalue weighted by atomic mass is 16.6. The van der Waals surface area contributed by atoms with Gasteiger partial charge in [-0.25, -0.2) is 0 Å². The van der Waals surface area contributed by atoms with Gasteiger partial charge in [0.1, 0.15) is 0 Å². The second kappa shape index (κ2) is 6.11. The third kappa shape index (κ3) is 2.68. The Morgan fingerprint density at radius 2 is 2.00 bits per heavy atom. The number of aliphatic hydroxyl groups excluding tert-OH is 1. The second-order valence-corrected chi connectivity index (χ2v) is 7.88. The number of fused-ring (bicyclic) bond motifs is 3. The van der Waals surface area contributed by atoms with Crippen molar-refractivity contribution in [2.75, 3.05) is 0 Å². The summed E-state index contributed by atoms with van der Waals surface area (Å²) in [5, 5.41) is 30.2. The van der Waals surface area contributed by atoms with Crippen LogP contribution in [-0.2, 0) is 4.74 Å². The normalized spacial score (nSPS) is 48.1. The van der Waals surface area contributed by atoms with Crippen molar-refractivity contribution in [3.05, 3.63) is 0 Å². The summed E-state index contributed by atoms with van der Waals surface area (Å²) in [6.45, 7) is 2.21. The number of nitriles is 1. The first-order chi connectivity index (χ1) is 10.5. The minimum absolute atomic E-state index is 0.0495. The topological polar surface area (TPSA) is 73.5 Å². The average Bonchev–Trinajstić information content (AvgIpc) is 2.49. The molecule has 124 valence electrons. The average molecular weight is 307 g/mol. The summed E-state index contributed by atoms with van der Waals surface area (Å²) in [6.07, 6.45) is 8.63. The van der Waals surface area contributed by atoms with Crippen LogP contribution in [-0.4, -0.2) is 28.2 Å². The Kier molecular flexibility index (Phi) is 4.51. The minimum atomic E-state index is -1.00. The van der Waals surface area contributed by atoms with Crippen molar-refractivity contribution in [2.45, 2.75) is 89.1 Å². The third-order valence-corrected chi connectivity index (χ3v) is 6.67. The number of ether oxygens (including phenoxy) is 1. The van der Waals surface area contributed by atoms with E-state index >= 15 is 0 Å². The van der Waals surface area contributed by atoms with Gasteiger partial charge in [0, 0.05) is 18.8 Å². The highest BCUT2D eigenvalue weighted by Gasteiger charge is 2.58. The van der Waals surface area contributed by atoms with Crippen LogP contribution in [0.3, 0.4) is 0 Å². The maximum atomic E-state index is 11.1. The Bertz CT molecular complexity index is 448. The smallest absolute Gasteiger partial charge is 0.168 e. The van der Waals surface area contributed by atoms with Gasteiger partial charge in [-0.2, -0.15) is 5.26 Å². The molecule has 2 saturated carbocycles. The van der Waals surface area contributed by atoms with Crippen LogP contribution in [0.5, 0.6) is 0 Å². The lowest BCUT2D eigenvalue weighted by Gasteiger charge is -2.59. The second-order valence-electron chi connectivity index (χ2n) is 7.88. The van der Waals surface area contributed by atoms with E-state index in [1.54, 1.807) is 0 Å². The largest absolute Gasteiger partial charge is 0.393 e. The monoisotopic (exact) mass is 307 g/mol. The van der Waals surface area contributed by atoms with Crippen LogP contribution in [0.1, 0.15) is 71.1 Å². The Hall–Kier alpha value is -0.630. The Morgan fingerprint density at radius 3 is 2.77 bits per heavy atom. The van der Waals surface area contributed by atoms with E-state index in [0.29, 0.717) is 18.8 Å². The molecule has 0 aromatic heterocycles. The molecule has 0 bridgehead atoms. The van der Waals surface area contributed by atoms with Gasteiger partial charge in [-0.15, -0.1) is 0 Å². The first-order valence-corrected chi connectivity index (χ1v) is 8.95. The van der Waals surface area contributed by atoms with Crippen molar-refractivity contribution in [2.24, 2.45) is 17.3 Å². The molecule has 0 aromatic rings. The Morgan fingerprint density at radius 1 is 1.18 bits per heavy atom. The predicted octanol–water partition coefficient (Wildman–Crippen LogP) is 3.13. The van der Waals surface area contributed by atoms with Gasteiger partial charge in [0.25, 0.3) is 0 Å². The maximum Gasteiger partial charge on any atom is 0.168 e. The molecular weight excluding hydrogens is 278 g/mol. The Balaban J connectivity index is 1.70. The van der Waals surface area contributed by atoms with Gasteiger partial charge in [0.15, 0.2) is 5.79 Å². The molecule has 3 rings (SSSR count). The van der Waals surface area contributed by atoms with Crippen molar-refractivity contribution >= 4 is 0 Å². The lowest BCUT2D eigenvalue weighted by molar-refractivity contribution is -0.328. The number of hydrogen-bond acceptors (Lipinski definition) is 4. The van der Waals surface area contributed by atoms with E-state index in [1.807, 2.05) is 0 Å². The lowest BCUT2D eigenvalue weighted by Crippen LogP contribution is -2.60. The number of unbranched alkanes of at least 4 members (excludes halogenated alkanes) is 1. The SMILES string of the molecule is CC12CCC3(O)OC(CCCC#N)CCC3C1CCCC2O. The number of aliphatic hydroxyl groups is 2. The number of nitrogens with zero attached hydrogens (tertiary/aromatic N) is 1. The van der Waals surface area contributed by atoms with Gasteiger partial charge in [-0.05, 0) is 56.3 Å². The van der Waals surface area contributed by atoms with Crippen molar-refractivity contribution in [1.82, 2.24) is 0 Å². The van der Waals surface area contributed by atoms with Crippen LogP contribution in [0.4, 0.5) is 0 Å². The van der Waals surface area contributed by atoms with Gasteiger partial charge in [0.2, 0.25) is 0 Å². The van der Waals surface area contributed by atoms with Gasteiger partial charge >= 0.3 is 0 Å². The van der Waals surface area contributed by atoms with Gasteiger partial charge in [-0.3, -0.25) is 0 Å². The van der Waals surface area contributed by atoms with Gasteiger partial charge in [-0.1, -0.05) is 13.3 Å². The van der Waals surface area contributed by atoms with E-state index in [1.165, 1.54) is 0 Å². The molecule has 22 heavy (non-hydrogen) atoms. The van der Waals surface area contributed by atoms with Crippen LogP contribution < -0.4 is 0 Å². The van der Waals surface area contributed by atoms with Crippen molar-refractivity contribution in [3.63, 3.8) is 0 Å². The van der Waals surface area contributed by atoms with Crippen molar-refractivity contribution < 1.29 is 14.9 Å². The fraction of sp³-hybridized carbons (Fsp3) is 0.944. The van der Waals surface area contributed by atoms with Crippen molar-refractivity contribution in [3.8, 4) is 6.07 Å². The third-order valence-electron chi connectivity index (χ3n) is 6.67.